The smallest absolute Gasteiger partial charge is 0.130 e. The summed E-state index contributed by atoms with van der Waals surface area (Å²) in [6, 6.07) is 7.15. The fourth-order valence-electron chi connectivity index (χ4n) is 3.86. The highest BCUT2D eigenvalue weighted by Crippen LogP contribution is 2.45. The summed E-state index contributed by atoms with van der Waals surface area (Å²) in [5.74, 6) is 2.49. The van der Waals surface area contributed by atoms with Crippen molar-refractivity contribution in [2.75, 3.05) is 7.11 Å². The Labute approximate surface area is 160 Å². The van der Waals surface area contributed by atoms with E-state index in [4.69, 9.17) is 4.74 Å². The predicted octanol–water partition coefficient (Wildman–Crippen LogP) is 7.66. The van der Waals surface area contributed by atoms with Crippen molar-refractivity contribution < 1.29 is 4.74 Å². The third-order valence-electron chi connectivity index (χ3n) is 5.57. The number of hydrogen-bond donors (Lipinski definition) is 0. The van der Waals surface area contributed by atoms with Crippen LogP contribution in [-0.2, 0) is 0 Å². The first-order chi connectivity index (χ1) is 12.1. The molecule has 0 saturated carbocycles. The van der Waals surface area contributed by atoms with E-state index in [-0.39, 0.29) is 0 Å². The Bertz CT molecular complexity index is 765. The van der Waals surface area contributed by atoms with Crippen LogP contribution in [0.4, 0.5) is 0 Å². The Balaban J connectivity index is 3.00. The van der Waals surface area contributed by atoms with Crippen molar-refractivity contribution in [1.29, 1.82) is 0 Å². The lowest BCUT2D eigenvalue weighted by Gasteiger charge is -2.26. The van der Waals surface area contributed by atoms with Gasteiger partial charge in [-0.25, -0.2) is 0 Å². The summed E-state index contributed by atoms with van der Waals surface area (Å²) in [6.07, 6.45) is 0. The molecule has 0 N–H and O–H groups in total. The summed E-state index contributed by atoms with van der Waals surface area (Å²) < 4.78 is 5.94. The van der Waals surface area contributed by atoms with Gasteiger partial charge in [0.25, 0.3) is 0 Å². The van der Waals surface area contributed by atoms with Crippen LogP contribution in [0.3, 0.4) is 0 Å². The molecule has 0 saturated heterocycles. The van der Waals surface area contributed by atoms with E-state index >= 15 is 0 Å². The van der Waals surface area contributed by atoms with E-state index in [2.05, 4.69) is 80.5 Å². The minimum Gasteiger partial charge on any atom is -0.496 e. The number of hydrogen-bond acceptors (Lipinski definition) is 1. The van der Waals surface area contributed by atoms with Crippen LogP contribution >= 0.6 is 0 Å². The van der Waals surface area contributed by atoms with E-state index in [9.17, 15) is 0 Å². The molecular weight excluding hydrogens is 316 g/mol. The molecule has 0 aliphatic rings. The molecule has 2 aromatic rings. The first kappa shape index (κ1) is 20.6. The highest BCUT2D eigenvalue weighted by atomic mass is 16.5. The monoisotopic (exact) mass is 352 g/mol. The summed E-state index contributed by atoms with van der Waals surface area (Å²) in [6.45, 7) is 20.3. The number of ether oxygens (including phenoxy) is 1. The highest BCUT2D eigenvalue weighted by molar-refractivity contribution is 5.82. The minimum absolute atomic E-state index is 0.465. The van der Waals surface area contributed by atoms with Gasteiger partial charge in [0.1, 0.15) is 5.75 Å². The summed E-state index contributed by atoms with van der Waals surface area (Å²) in [5.41, 5.74) is 10.8. The molecule has 142 valence electrons. The Morgan fingerprint density at radius 1 is 0.654 bits per heavy atom. The van der Waals surface area contributed by atoms with Crippen LogP contribution in [0, 0.1) is 20.8 Å². The quantitative estimate of drug-likeness (QED) is 0.536. The topological polar surface area (TPSA) is 9.23 Å². The largest absolute Gasteiger partial charge is 0.496 e. The number of rotatable bonds is 5. The van der Waals surface area contributed by atoms with Crippen LogP contribution in [0.5, 0.6) is 5.75 Å². The summed E-state index contributed by atoms with van der Waals surface area (Å²) in [5, 5.41) is 0. The second-order valence-electron chi connectivity index (χ2n) is 8.58. The molecule has 1 heteroatoms. The molecule has 0 spiro atoms. The third-order valence-corrected chi connectivity index (χ3v) is 5.57. The summed E-state index contributed by atoms with van der Waals surface area (Å²) in [4.78, 5) is 0. The zero-order valence-corrected chi connectivity index (χ0v) is 18.4. The first-order valence-corrected chi connectivity index (χ1v) is 9.92. The van der Waals surface area contributed by atoms with Crippen LogP contribution in [0.15, 0.2) is 18.2 Å². The van der Waals surface area contributed by atoms with E-state index in [1.54, 1.807) is 7.11 Å². The molecule has 1 nitrogen and oxygen atoms in total. The molecule has 0 fully saturated rings. The molecule has 0 aliphatic heterocycles. The number of aryl methyl sites for hydroxylation is 2. The maximum atomic E-state index is 5.94. The van der Waals surface area contributed by atoms with Crippen molar-refractivity contribution in [3.8, 4) is 16.9 Å². The van der Waals surface area contributed by atoms with Crippen LogP contribution in [0.2, 0.25) is 0 Å². The van der Waals surface area contributed by atoms with Crippen LogP contribution in [0.25, 0.3) is 11.1 Å². The van der Waals surface area contributed by atoms with Gasteiger partial charge in [-0.3, -0.25) is 0 Å². The van der Waals surface area contributed by atoms with Gasteiger partial charge in [0, 0.05) is 5.56 Å². The average Bonchev–Trinajstić information content (AvgIpc) is 2.56. The van der Waals surface area contributed by atoms with Gasteiger partial charge in [0.2, 0.25) is 0 Å². The Kier molecular flexibility index (Phi) is 6.21. The molecule has 0 aromatic heterocycles. The fourth-order valence-corrected chi connectivity index (χ4v) is 3.86. The lowest BCUT2D eigenvalue weighted by Crippen LogP contribution is -2.06. The van der Waals surface area contributed by atoms with Gasteiger partial charge >= 0.3 is 0 Å². The average molecular weight is 353 g/mol. The van der Waals surface area contributed by atoms with Crippen molar-refractivity contribution in [1.82, 2.24) is 0 Å². The Hall–Kier alpha value is -1.76. The van der Waals surface area contributed by atoms with Crippen molar-refractivity contribution in [3.63, 3.8) is 0 Å². The van der Waals surface area contributed by atoms with Gasteiger partial charge in [-0.1, -0.05) is 59.7 Å². The zero-order chi connectivity index (χ0) is 19.8. The van der Waals surface area contributed by atoms with Gasteiger partial charge in [-0.2, -0.15) is 0 Å². The maximum absolute atomic E-state index is 5.94. The molecule has 0 atom stereocenters. The van der Waals surface area contributed by atoms with Crippen molar-refractivity contribution in [2.45, 2.75) is 80.1 Å². The summed E-state index contributed by atoms with van der Waals surface area (Å²) >= 11 is 0. The molecule has 2 aromatic carbocycles. The van der Waals surface area contributed by atoms with Crippen molar-refractivity contribution in [2.24, 2.45) is 0 Å². The lowest BCUT2D eigenvalue weighted by molar-refractivity contribution is 0.412. The Morgan fingerprint density at radius 3 is 1.54 bits per heavy atom. The number of benzene rings is 2. The van der Waals surface area contributed by atoms with E-state index in [0.29, 0.717) is 17.8 Å². The van der Waals surface area contributed by atoms with Gasteiger partial charge in [0.05, 0.1) is 7.11 Å². The summed E-state index contributed by atoms with van der Waals surface area (Å²) in [7, 11) is 1.80. The molecular formula is C25H36O. The molecule has 2 rings (SSSR count). The van der Waals surface area contributed by atoms with Crippen LogP contribution in [-0.4, -0.2) is 7.11 Å². The molecule has 0 aliphatic carbocycles. The second-order valence-corrected chi connectivity index (χ2v) is 8.58. The molecule has 0 heterocycles. The SMILES string of the molecule is COc1c(C)c(C)cc(C)c1-c1c(C(C)C)cc(C(C)C)cc1C(C)C. The molecule has 0 radical (unpaired) electrons. The van der Waals surface area contributed by atoms with Crippen LogP contribution in [0.1, 0.15) is 92.7 Å². The third kappa shape index (κ3) is 3.68. The maximum Gasteiger partial charge on any atom is 0.130 e. The highest BCUT2D eigenvalue weighted by Gasteiger charge is 2.23. The van der Waals surface area contributed by atoms with E-state index in [0.717, 1.165) is 5.75 Å². The van der Waals surface area contributed by atoms with Gasteiger partial charge in [0.15, 0.2) is 0 Å². The van der Waals surface area contributed by atoms with E-state index < -0.39 is 0 Å². The van der Waals surface area contributed by atoms with Crippen molar-refractivity contribution in [3.05, 3.63) is 51.6 Å². The Morgan fingerprint density at radius 2 is 1.15 bits per heavy atom. The lowest BCUT2D eigenvalue weighted by atomic mass is 9.79. The molecule has 26 heavy (non-hydrogen) atoms. The standard InChI is InChI=1S/C25H36O/c1-14(2)20-12-21(15(3)4)24(22(13-20)16(5)6)23-18(8)11-17(7)19(9)25(23)26-10/h11-16H,1-10H3. The zero-order valence-electron chi connectivity index (χ0n) is 18.4. The van der Waals surface area contributed by atoms with Gasteiger partial charge in [-0.15, -0.1) is 0 Å². The second kappa shape index (κ2) is 7.86. The molecule has 0 unspecified atom stereocenters. The van der Waals surface area contributed by atoms with Crippen LogP contribution < -0.4 is 4.74 Å². The van der Waals surface area contributed by atoms with E-state index in [1.807, 2.05) is 0 Å². The van der Waals surface area contributed by atoms with Crippen molar-refractivity contribution >= 4 is 0 Å². The van der Waals surface area contributed by atoms with Gasteiger partial charge in [-0.05, 0) is 77.5 Å². The number of methoxy groups -OCH3 is 1. The fraction of sp³-hybridized carbons (Fsp3) is 0.520. The van der Waals surface area contributed by atoms with Gasteiger partial charge < -0.3 is 4.74 Å². The first-order valence-electron chi connectivity index (χ1n) is 9.92. The normalized spacial score (nSPS) is 11.7. The predicted molar refractivity (Wildman–Crippen MR) is 115 cm³/mol. The minimum atomic E-state index is 0.465. The molecule has 0 amide bonds. The molecule has 0 bridgehead atoms. The van der Waals surface area contributed by atoms with E-state index in [1.165, 1.54) is 44.5 Å².